The molecule has 83 valence electrons. The molecular weight excluding hydrogens is 170 g/mol. The van der Waals surface area contributed by atoms with E-state index in [2.05, 4.69) is 48.5 Å². The Morgan fingerprint density at radius 3 is 1.93 bits per heavy atom. The number of piperidine rings is 1. The van der Waals surface area contributed by atoms with Crippen LogP contribution in [0.25, 0.3) is 0 Å². The van der Waals surface area contributed by atoms with Crippen molar-refractivity contribution in [3.05, 3.63) is 0 Å². The first-order valence-corrected chi connectivity index (χ1v) is 5.79. The fraction of sp³-hybridized carbons (Fsp3) is 1.00. The third-order valence-corrected chi connectivity index (χ3v) is 3.53. The molecule has 14 heavy (non-hydrogen) atoms. The predicted octanol–water partition coefficient (Wildman–Crippen LogP) is 3.60. The standard InChI is InChI=1S/C13H26N/c1-11(2,3)10-8-9-12(4,5)14-13(10,6)7/h10H,8-9H2,1-7H3. The van der Waals surface area contributed by atoms with E-state index in [1.165, 1.54) is 12.8 Å². The number of nitrogens with zero attached hydrogens (tertiary/aromatic N) is 1. The summed E-state index contributed by atoms with van der Waals surface area (Å²) in [5.74, 6) is 0.711. The molecule has 0 bridgehead atoms. The zero-order chi connectivity index (χ0) is 11.2. The molecule has 1 aliphatic heterocycles. The van der Waals surface area contributed by atoms with E-state index in [9.17, 15) is 0 Å². The van der Waals surface area contributed by atoms with E-state index >= 15 is 0 Å². The average molecular weight is 196 g/mol. The monoisotopic (exact) mass is 196 g/mol. The van der Waals surface area contributed by atoms with Crippen LogP contribution in [0.1, 0.15) is 61.3 Å². The summed E-state index contributed by atoms with van der Waals surface area (Å²) < 4.78 is 0. The van der Waals surface area contributed by atoms with E-state index in [-0.39, 0.29) is 11.1 Å². The number of hydrogen-bond acceptors (Lipinski definition) is 0. The summed E-state index contributed by atoms with van der Waals surface area (Å²) >= 11 is 0. The highest BCUT2D eigenvalue weighted by atomic mass is 15.1. The molecule has 1 nitrogen and oxygen atoms in total. The van der Waals surface area contributed by atoms with Gasteiger partial charge < -0.3 is 0 Å². The van der Waals surface area contributed by atoms with Gasteiger partial charge in [-0.3, -0.25) is 0 Å². The van der Waals surface area contributed by atoms with Gasteiger partial charge in [-0.05, 0) is 51.9 Å². The molecule has 1 heteroatoms. The minimum Gasteiger partial charge on any atom is -0.229 e. The molecule has 1 fully saturated rings. The van der Waals surface area contributed by atoms with Gasteiger partial charge in [0.25, 0.3) is 0 Å². The van der Waals surface area contributed by atoms with Gasteiger partial charge in [0.05, 0.1) is 0 Å². The SMILES string of the molecule is CC1(C)CCC(C(C)(C)C)C(C)(C)[N]1. The van der Waals surface area contributed by atoms with E-state index in [1.54, 1.807) is 0 Å². The second-order valence-electron chi connectivity index (χ2n) is 7.04. The van der Waals surface area contributed by atoms with Gasteiger partial charge in [-0.2, -0.15) is 0 Å². The van der Waals surface area contributed by atoms with Gasteiger partial charge >= 0.3 is 0 Å². The van der Waals surface area contributed by atoms with Crippen molar-refractivity contribution in [3.8, 4) is 0 Å². The molecule has 0 amide bonds. The third kappa shape index (κ3) is 2.50. The maximum atomic E-state index is 4.99. The fourth-order valence-corrected chi connectivity index (χ4v) is 3.26. The molecular formula is C13H26N. The summed E-state index contributed by atoms with van der Waals surface area (Å²) in [5.41, 5.74) is 0.703. The Bertz CT molecular complexity index is 208. The van der Waals surface area contributed by atoms with Crippen LogP contribution in [0.2, 0.25) is 0 Å². The Morgan fingerprint density at radius 2 is 1.57 bits per heavy atom. The maximum Gasteiger partial charge on any atom is 0.0339 e. The summed E-state index contributed by atoms with van der Waals surface area (Å²) in [7, 11) is 0. The summed E-state index contributed by atoms with van der Waals surface area (Å²) in [6, 6.07) is 0. The Balaban J connectivity index is 2.84. The van der Waals surface area contributed by atoms with Crippen molar-refractivity contribution in [2.75, 3.05) is 0 Å². The van der Waals surface area contributed by atoms with Crippen LogP contribution in [0.5, 0.6) is 0 Å². The lowest BCUT2D eigenvalue weighted by Crippen LogP contribution is -2.57. The van der Waals surface area contributed by atoms with Gasteiger partial charge in [0.1, 0.15) is 0 Å². The molecule has 1 aliphatic rings. The Labute approximate surface area is 89.7 Å². The molecule has 0 N–H and O–H groups in total. The normalized spacial score (nSPS) is 31.5. The van der Waals surface area contributed by atoms with E-state index in [0.29, 0.717) is 11.3 Å². The molecule has 1 radical (unpaired) electrons. The van der Waals surface area contributed by atoms with E-state index in [4.69, 9.17) is 5.32 Å². The predicted molar refractivity (Wildman–Crippen MR) is 62.5 cm³/mol. The van der Waals surface area contributed by atoms with Crippen LogP contribution in [-0.2, 0) is 0 Å². The highest BCUT2D eigenvalue weighted by Gasteiger charge is 2.45. The van der Waals surface area contributed by atoms with Gasteiger partial charge in [-0.25, -0.2) is 5.32 Å². The molecule has 0 spiro atoms. The van der Waals surface area contributed by atoms with Crippen molar-refractivity contribution in [3.63, 3.8) is 0 Å². The fourth-order valence-electron chi connectivity index (χ4n) is 3.26. The van der Waals surface area contributed by atoms with Crippen molar-refractivity contribution in [1.82, 2.24) is 5.32 Å². The lowest BCUT2D eigenvalue weighted by molar-refractivity contribution is 0.0338. The summed E-state index contributed by atoms with van der Waals surface area (Å²) in [6.45, 7) is 16.1. The third-order valence-electron chi connectivity index (χ3n) is 3.53. The maximum absolute atomic E-state index is 4.99. The van der Waals surface area contributed by atoms with Crippen LogP contribution in [0.15, 0.2) is 0 Å². The van der Waals surface area contributed by atoms with E-state index in [0.717, 1.165) is 0 Å². The van der Waals surface area contributed by atoms with Crippen LogP contribution >= 0.6 is 0 Å². The van der Waals surface area contributed by atoms with Crippen molar-refractivity contribution >= 4 is 0 Å². The van der Waals surface area contributed by atoms with Crippen molar-refractivity contribution in [2.45, 2.75) is 72.4 Å². The lowest BCUT2D eigenvalue weighted by atomic mass is 9.64. The molecule has 0 aromatic carbocycles. The average Bonchev–Trinajstić information content (AvgIpc) is 1.76. The first-order chi connectivity index (χ1) is 6.05. The lowest BCUT2D eigenvalue weighted by Gasteiger charge is -2.51. The van der Waals surface area contributed by atoms with Gasteiger partial charge in [0, 0.05) is 11.1 Å². The van der Waals surface area contributed by atoms with Crippen LogP contribution in [0.4, 0.5) is 0 Å². The zero-order valence-electron chi connectivity index (χ0n) is 10.9. The number of rotatable bonds is 0. The molecule has 1 rings (SSSR count). The van der Waals surface area contributed by atoms with Crippen LogP contribution in [-0.4, -0.2) is 11.1 Å². The molecule has 1 saturated heterocycles. The first kappa shape index (κ1) is 12.0. The summed E-state index contributed by atoms with van der Waals surface area (Å²) in [6.07, 6.45) is 2.55. The molecule has 0 aromatic heterocycles. The highest BCUT2D eigenvalue weighted by Crippen LogP contribution is 2.44. The topological polar surface area (TPSA) is 14.1 Å². The van der Waals surface area contributed by atoms with Gasteiger partial charge in [0.15, 0.2) is 0 Å². The molecule has 0 saturated carbocycles. The molecule has 0 aromatic rings. The van der Waals surface area contributed by atoms with Crippen molar-refractivity contribution in [1.29, 1.82) is 0 Å². The molecule has 0 aliphatic carbocycles. The number of hydrogen-bond donors (Lipinski definition) is 0. The Morgan fingerprint density at radius 1 is 1.07 bits per heavy atom. The van der Waals surface area contributed by atoms with Gasteiger partial charge in [-0.15, -0.1) is 0 Å². The van der Waals surface area contributed by atoms with Crippen molar-refractivity contribution < 1.29 is 0 Å². The minimum absolute atomic E-state index is 0.139. The summed E-state index contributed by atoms with van der Waals surface area (Å²) in [4.78, 5) is 0. The second-order valence-corrected chi connectivity index (χ2v) is 7.04. The van der Waals surface area contributed by atoms with Crippen LogP contribution in [0.3, 0.4) is 0 Å². The summed E-state index contributed by atoms with van der Waals surface area (Å²) in [5, 5.41) is 4.99. The Kier molecular flexibility index (Phi) is 2.78. The van der Waals surface area contributed by atoms with Gasteiger partial charge in [-0.1, -0.05) is 20.8 Å². The van der Waals surface area contributed by atoms with E-state index < -0.39 is 0 Å². The molecule has 1 unspecified atom stereocenters. The molecule has 1 atom stereocenters. The van der Waals surface area contributed by atoms with Gasteiger partial charge in [0.2, 0.25) is 0 Å². The van der Waals surface area contributed by atoms with Crippen molar-refractivity contribution in [2.24, 2.45) is 11.3 Å². The second kappa shape index (κ2) is 3.23. The highest BCUT2D eigenvalue weighted by molar-refractivity contribution is 5.01. The zero-order valence-corrected chi connectivity index (χ0v) is 10.9. The Hall–Kier alpha value is -0.0400. The molecule has 1 heterocycles. The largest absolute Gasteiger partial charge is 0.229 e. The quantitative estimate of drug-likeness (QED) is 0.562. The first-order valence-electron chi connectivity index (χ1n) is 5.79. The van der Waals surface area contributed by atoms with Crippen LogP contribution < -0.4 is 5.32 Å². The van der Waals surface area contributed by atoms with E-state index in [1.807, 2.05) is 0 Å². The van der Waals surface area contributed by atoms with Crippen LogP contribution in [0, 0.1) is 11.3 Å². The smallest absolute Gasteiger partial charge is 0.0339 e. The minimum atomic E-state index is 0.139.